The van der Waals surface area contributed by atoms with Crippen molar-refractivity contribution in [3.63, 3.8) is 0 Å². The van der Waals surface area contributed by atoms with Gasteiger partial charge in [0.1, 0.15) is 5.75 Å². The number of hydrogen-bond acceptors (Lipinski definition) is 4. The Hall–Kier alpha value is -3.99. The van der Waals surface area contributed by atoms with E-state index >= 15 is 0 Å². The van der Waals surface area contributed by atoms with Crippen LogP contribution >= 0.6 is 0 Å². The van der Waals surface area contributed by atoms with E-state index in [0.717, 1.165) is 11.1 Å². The van der Waals surface area contributed by atoms with Gasteiger partial charge in [-0.3, -0.25) is 4.79 Å². The van der Waals surface area contributed by atoms with Gasteiger partial charge in [0.05, 0.1) is 5.69 Å². The van der Waals surface area contributed by atoms with Gasteiger partial charge in [-0.2, -0.15) is 0 Å². The van der Waals surface area contributed by atoms with Crippen LogP contribution in [-0.2, 0) is 6.54 Å². The van der Waals surface area contributed by atoms with Gasteiger partial charge >= 0.3 is 0 Å². The second-order valence-electron chi connectivity index (χ2n) is 6.42. The number of hydrogen-bond donors (Lipinski definition) is 1. The molecule has 5 heteroatoms. The van der Waals surface area contributed by atoms with Gasteiger partial charge in [0, 0.05) is 23.7 Å². The third-order valence-corrected chi connectivity index (χ3v) is 4.34. The van der Waals surface area contributed by atoms with Crippen LogP contribution in [0.4, 0.5) is 0 Å². The second-order valence-corrected chi connectivity index (χ2v) is 6.42. The van der Waals surface area contributed by atoms with Crippen molar-refractivity contribution < 1.29 is 9.53 Å². The lowest BCUT2D eigenvalue weighted by Gasteiger charge is -2.07. The maximum atomic E-state index is 12.3. The first-order chi connectivity index (χ1) is 14.3. The number of aromatic nitrogens is 2. The minimum atomic E-state index is -0.113. The fourth-order valence-corrected chi connectivity index (χ4v) is 2.81. The molecular formula is C24H19N3O2. The van der Waals surface area contributed by atoms with Gasteiger partial charge in [0.2, 0.25) is 5.88 Å². The van der Waals surface area contributed by atoms with Crippen LogP contribution in [0.2, 0.25) is 0 Å². The summed E-state index contributed by atoms with van der Waals surface area (Å²) in [6.07, 6.45) is 0. The third-order valence-electron chi connectivity index (χ3n) is 4.34. The number of amides is 1. The van der Waals surface area contributed by atoms with Crippen LogP contribution in [0.1, 0.15) is 15.9 Å². The quantitative estimate of drug-likeness (QED) is 0.518. The number of benzene rings is 3. The molecular weight excluding hydrogens is 362 g/mol. The molecule has 0 aliphatic rings. The molecule has 0 atom stereocenters. The molecule has 4 aromatic rings. The average Bonchev–Trinajstić information content (AvgIpc) is 2.79. The van der Waals surface area contributed by atoms with Gasteiger partial charge in [0.25, 0.3) is 5.91 Å². The van der Waals surface area contributed by atoms with E-state index in [9.17, 15) is 4.79 Å². The van der Waals surface area contributed by atoms with E-state index in [4.69, 9.17) is 4.74 Å². The highest BCUT2D eigenvalue weighted by atomic mass is 16.5. The molecule has 29 heavy (non-hydrogen) atoms. The molecule has 3 aromatic carbocycles. The van der Waals surface area contributed by atoms with Crippen molar-refractivity contribution in [2.45, 2.75) is 6.54 Å². The molecule has 1 amide bonds. The lowest BCUT2D eigenvalue weighted by molar-refractivity contribution is 0.0951. The Morgan fingerprint density at radius 3 is 2.10 bits per heavy atom. The Morgan fingerprint density at radius 1 is 0.759 bits per heavy atom. The summed E-state index contributed by atoms with van der Waals surface area (Å²) in [5.41, 5.74) is 3.25. The van der Waals surface area contributed by atoms with Crippen molar-refractivity contribution in [3.8, 4) is 22.9 Å². The van der Waals surface area contributed by atoms with Crippen LogP contribution in [0.15, 0.2) is 97.1 Å². The normalized spacial score (nSPS) is 10.3. The van der Waals surface area contributed by atoms with Gasteiger partial charge in [-0.1, -0.05) is 60.7 Å². The molecule has 0 radical (unpaired) electrons. The van der Waals surface area contributed by atoms with E-state index < -0.39 is 0 Å². The number of carbonyl (C=O) groups is 1. The summed E-state index contributed by atoms with van der Waals surface area (Å²) in [7, 11) is 0. The number of carbonyl (C=O) groups excluding carboxylic acids is 1. The number of nitrogens with one attached hydrogen (secondary N) is 1. The molecule has 4 rings (SSSR count). The van der Waals surface area contributed by atoms with Crippen LogP contribution in [0.25, 0.3) is 11.3 Å². The van der Waals surface area contributed by atoms with Crippen LogP contribution in [-0.4, -0.2) is 16.1 Å². The van der Waals surface area contributed by atoms with E-state index in [2.05, 4.69) is 15.5 Å². The Kier molecular flexibility index (Phi) is 5.58. The first-order valence-electron chi connectivity index (χ1n) is 9.27. The SMILES string of the molecule is O=C(NCc1ccccc1)c1ccc(-c2ccc(Oc3ccccc3)nn2)cc1. The molecule has 0 unspecified atom stereocenters. The lowest BCUT2D eigenvalue weighted by Crippen LogP contribution is -2.22. The summed E-state index contributed by atoms with van der Waals surface area (Å²) in [6.45, 7) is 0.496. The molecule has 1 aromatic heterocycles. The zero-order valence-corrected chi connectivity index (χ0v) is 15.7. The van der Waals surface area contributed by atoms with Crippen LogP contribution in [0.3, 0.4) is 0 Å². The molecule has 142 valence electrons. The van der Waals surface area contributed by atoms with E-state index in [-0.39, 0.29) is 5.91 Å². The van der Waals surface area contributed by atoms with Gasteiger partial charge in [-0.05, 0) is 35.9 Å². The highest BCUT2D eigenvalue weighted by Gasteiger charge is 2.07. The Morgan fingerprint density at radius 2 is 1.45 bits per heavy atom. The van der Waals surface area contributed by atoms with Crippen molar-refractivity contribution in [1.82, 2.24) is 15.5 Å². The summed E-state index contributed by atoms with van der Waals surface area (Å²) in [6, 6.07) is 30.2. The summed E-state index contributed by atoms with van der Waals surface area (Å²) in [5.74, 6) is 1.02. The largest absolute Gasteiger partial charge is 0.438 e. The predicted molar refractivity (Wildman–Crippen MR) is 112 cm³/mol. The molecule has 5 nitrogen and oxygen atoms in total. The Bertz CT molecular complexity index is 1060. The van der Waals surface area contributed by atoms with Gasteiger partial charge < -0.3 is 10.1 Å². The molecule has 0 fully saturated rings. The van der Waals surface area contributed by atoms with E-state index in [1.807, 2.05) is 78.9 Å². The van der Waals surface area contributed by atoms with Crippen molar-refractivity contribution >= 4 is 5.91 Å². The molecule has 0 aliphatic carbocycles. The zero-order valence-electron chi connectivity index (χ0n) is 15.7. The molecule has 0 aliphatic heterocycles. The fourth-order valence-electron chi connectivity index (χ4n) is 2.81. The maximum absolute atomic E-state index is 12.3. The Labute approximate surface area is 169 Å². The van der Waals surface area contributed by atoms with E-state index in [1.54, 1.807) is 18.2 Å². The molecule has 1 N–H and O–H groups in total. The molecule has 1 heterocycles. The average molecular weight is 381 g/mol. The van der Waals surface area contributed by atoms with Crippen molar-refractivity contribution in [1.29, 1.82) is 0 Å². The minimum absolute atomic E-state index is 0.113. The van der Waals surface area contributed by atoms with E-state index in [1.165, 1.54) is 0 Å². The van der Waals surface area contributed by atoms with Crippen molar-refractivity contribution in [2.75, 3.05) is 0 Å². The van der Waals surface area contributed by atoms with Crippen molar-refractivity contribution in [2.24, 2.45) is 0 Å². The molecule has 0 bridgehead atoms. The number of para-hydroxylation sites is 1. The fraction of sp³-hybridized carbons (Fsp3) is 0.0417. The molecule has 0 spiro atoms. The monoisotopic (exact) mass is 381 g/mol. The number of ether oxygens (including phenoxy) is 1. The molecule has 0 saturated heterocycles. The maximum Gasteiger partial charge on any atom is 0.251 e. The minimum Gasteiger partial charge on any atom is -0.438 e. The van der Waals surface area contributed by atoms with Gasteiger partial charge in [-0.15, -0.1) is 10.2 Å². The molecule has 0 saturated carbocycles. The summed E-state index contributed by atoms with van der Waals surface area (Å²) < 4.78 is 5.66. The topological polar surface area (TPSA) is 64.1 Å². The van der Waals surface area contributed by atoms with E-state index in [0.29, 0.717) is 29.4 Å². The van der Waals surface area contributed by atoms with Crippen molar-refractivity contribution in [3.05, 3.63) is 108 Å². The van der Waals surface area contributed by atoms with Crippen LogP contribution in [0.5, 0.6) is 11.6 Å². The first kappa shape index (κ1) is 18.4. The summed E-state index contributed by atoms with van der Waals surface area (Å²) in [4.78, 5) is 12.3. The summed E-state index contributed by atoms with van der Waals surface area (Å²) in [5, 5.41) is 11.3. The van der Waals surface area contributed by atoms with Crippen LogP contribution in [0, 0.1) is 0 Å². The second kappa shape index (κ2) is 8.80. The summed E-state index contributed by atoms with van der Waals surface area (Å²) >= 11 is 0. The predicted octanol–water partition coefficient (Wildman–Crippen LogP) is 4.87. The first-order valence-corrected chi connectivity index (χ1v) is 9.27. The Balaban J connectivity index is 1.39. The van der Waals surface area contributed by atoms with Gasteiger partial charge in [-0.25, -0.2) is 0 Å². The number of nitrogens with zero attached hydrogens (tertiary/aromatic N) is 2. The number of rotatable bonds is 6. The third kappa shape index (κ3) is 4.84. The lowest BCUT2D eigenvalue weighted by atomic mass is 10.1. The smallest absolute Gasteiger partial charge is 0.251 e. The highest BCUT2D eigenvalue weighted by molar-refractivity contribution is 5.94. The standard InChI is InChI=1S/C24H19N3O2/c28-24(25-17-18-7-3-1-4-8-18)20-13-11-19(12-14-20)22-15-16-23(27-26-22)29-21-9-5-2-6-10-21/h1-16H,17H2,(H,25,28). The van der Waals surface area contributed by atoms with Crippen LogP contribution < -0.4 is 10.1 Å². The highest BCUT2D eigenvalue weighted by Crippen LogP contribution is 2.21. The van der Waals surface area contributed by atoms with Gasteiger partial charge in [0.15, 0.2) is 0 Å². The zero-order chi connectivity index (χ0) is 19.9.